The van der Waals surface area contributed by atoms with Gasteiger partial charge in [-0.15, -0.1) is 12.4 Å². The number of rotatable bonds is 7. The van der Waals surface area contributed by atoms with E-state index in [-0.39, 0.29) is 36.7 Å². The average molecular weight is 341 g/mol. The van der Waals surface area contributed by atoms with Crippen LogP contribution in [0.3, 0.4) is 0 Å². The van der Waals surface area contributed by atoms with Crippen molar-refractivity contribution in [2.24, 2.45) is 0 Å². The summed E-state index contributed by atoms with van der Waals surface area (Å²) in [6.07, 6.45) is 1.92. The first-order valence-electron chi connectivity index (χ1n) is 7.85. The van der Waals surface area contributed by atoms with E-state index in [0.29, 0.717) is 11.3 Å². The Kier molecular flexibility index (Phi) is 8.06. The maximum atomic E-state index is 12.4. The molecule has 5 nitrogen and oxygen atoms in total. The van der Waals surface area contributed by atoms with Crippen LogP contribution in [-0.4, -0.2) is 48.9 Å². The van der Waals surface area contributed by atoms with Crippen molar-refractivity contribution in [1.82, 2.24) is 10.2 Å². The van der Waals surface area contributed by atoms with Gasteiger partial charge in [-0.3, -0.25) is 9.59 Å². The molecule has 0 bridgehead atoms. The number of hydrogen-bond acceptors (Lipinski definition) is 4. The number of hydrogen-bond donors (Lipinski definition) is 1. The molecule has 1 aliphatic heterocycles. The summed E-state index contributed by atoms with van der Waals surface area (Å²) in [5, 5.41) is 3.29. The van der Waals surface area contributed by atoms with Crippen LogP contribution in [0.25, 0.3) is 0 Å². The van der Waals surface area contributed by atoms with Gasteiger partial charge in [-0.2, -0.15) is 0 Å². The lowest BCUT2D eigenvalue weighted by atomic mass is 10.1. The van der Waals surface area contributed by atoms with E-state index >= 15 is 0 Å². The first kappa shape index (κ1) is 19.5. The largest absolute Gasteiger partial charge is 0.484 e. The smallest absolute Gasteiger partial charge is 0.260 e. The van der Waals surface area contributed by atoms with Gasteiger partial charge in [0.05, 0.1) is 0 Å². The van der Waals surface area contributed by atoms with Gasteiger partial charge in [0.15, 0.2) is 12.4 Å². The topological polar surface area (TPSA) is 58.6 Å². The number of nitrogens with one attached hydrogen (secondary N) is 1. The van der Waals surface area contributed by atoms with Crippen LogP contribution < -0.4 is 10.1 Å². The molecule has 6 heteroatoms. The van der Waals surface area contributed by atoms with Gasteiger partial charge < -0.3 is 15.0 Å². The van der Waals surface area contributed by atoms with Crippen LogP contribution >= 0.6 is 12.4 Å². The minimum absolute atomic E-state index is 0. The van der Waals surface area contributed by atoms with E-state index in [9.17, 15) is 9.59 Å². The van der Waals surface area contributed by atoms with E-state index in [2.05, 4.69) is 12.2 Å². The summed E-state index contributed by atoms with van der Waals surface area (Å²) in [7, 11) is 0. The van der Waals surface area contributed by atoms with Crippen molar-refractivity contribution in [3.63, 3.8) is 0 Å². The fourth-order valence-electron chi connectivity index (χ4n) is 2.69. The lowest BCUT2D eigenvalue weighted by molar-refractivity contribution is -0.135. The van der Waals surface area contributed by atoms with Gasteiger partial charge in [0, 0.05) is 24.7 Å². The molecule has 1 N–H and O–H groups in total. The van der Waals surface area contributed by atoms with Crippen molar-refractivity contribution in [2.45, 2.75) is 32.7 Å². The van der Waals surface area contributed by atoms with E-state index in [1.165, 1.54) is 6.92 Å². The quantitative estimate of drug-likeness (QED) is 0.774. The van der Waals surface area contributed by atoms with Gasteiger partial charge in [0.2, 0.25) is 0 Å². The summed E-state index contributed by atoms with van der Waals surface area (Å²) in [5.41, 5.74) is 0.593. The Morgan fingerprint density at radius 3 is 2.78 bits per heavy atom. The third-order valence-corrected chi connectivity index (χ3v) is 3.86. The summed E-state index contributed by atoms with van der Waals surface area (Å²) in [4.78, 5) is 25.7. The minimum Gasteiger partial charge on any atom is -0.484 e. The molecule has 128 valence electrons. The number of Topliss-reactive ketones (excluding diaryl/α,β-unsaturated/α-hetero) is 1. The summed E-state index contributed by atoms with van der Waals surface area (Å²) >= 11 is 0. The predicted octanol–water partition coefficient (Wildman–Crippen LogP) is 2.29. The van der Waals surface area contributed by atoms with E-state index in [1.54, 1.807) is 24.3 Å². The average Bonchev–Trinajstić information content (AvgIpc) is 3.04. The Labute approximate surface area is 143 Å². The molecule has 1 aliphatic rings. The molecule has 0 saturated carbocycles. The Morgan fingerprint density at radius 1 is 1.39 bits per heavy atom. The number of carbonyl (C=O) groups is 2. The normalized spacial score (nSPS) is 16.5. The highest BCUT2D eigenvalue weighted by atomic mass is 35.5. The van der Waals surface area contributed by atoms with Crippen molar-refractivity contribution >= 4 is 24.1 Å². The molecule has 1 atom stereocenters. The van der Waals surface area contributed by atoms with Crippen LogP contribution in [0.1, 0.15) is 37.0 Å². The molecule has 0 spiro atoms. The van der Waals surface area contributed by atoms with Crippen molar-refractivity contribution in [3.05, 3.63) is 29.8 Å². The number of ether oxygens (including phenoxy) is 1. The number of benzene rings is 1. The zero-order valence-electron chi connectivity index (χ0n) is 13.7. The fraction of sp³-hybridized carbons (Fsp3) is 0.529. The monoisotopic (exact) mass is 340 g/mol. The third kappa shape index (κ3) is 5.52. The highest BCUT2D eigenvalue weighted by molar-refractivity contribution is 5.94. The van der Waals surface area contributed by atoms with E-state index in [1.807, 2.05) is 4.90 Å². The number of ketones is 1. The second-order valence-corrected chi connectivity index (χ2v) is 5.61. The SMILES string of the molecule is CCCN(C(=O)COc1cccc(C(C)=O)c1)C1CCNC1.Cl. The molecule has 2 rings (SSSR count). The highest BCUT2D eigenvalue weighted by Gasteiger charge is 2.25. The molecular weight excluding hydrogens is 316 g/mol. The van der Waals surface area contributed by atoms with E-state index < -0.39 is 0 Å². The van der Waals surface area contributed by atoms with Crippen LogP contribution in [0.4, 0.5) is 0 Å². The Balaban J connectivity index is 0.00000264. The van der Waals surface area contributed by atoms with Gasteiger partial charge in [0.25, 0.3) is 5.91 Å². The molecule has 1 aromatic rings. The third-order valence-electron chi connectivity index (χ3n) is 3.86. The van der Waals surface area contributed by atoms with Crippen LogP contribution in [-0.2, 0) is 4.79 Å². The zero-order chi connectivity index (χ0) is 15.9. The summed E-state index contributed by atoms with van der Waals surface area (Å²) in [6.45, 7) is 6.16. The Hall–Kier alpha value is -1.59. The van der Waals surface area contributed by atoms with Gasteiger partial charge >= 0.3 is 0 Å². The number of amides is 1. The maximum absolute atomic E-state index is 12.4. The van der Waals surface area contributed by atoms with Gasteiger partial charge in [-0.25, -0.2) is 0 Å². The summed E-state index contributed by atoms with van der Waals surface area (Å²) in [6, 6.07) is 7.21. The number of halogens is 1. The number of carbonyl (C=O) groups excluding carboxylic acids is 2. The van der Waals surface area contributed by atoms with Gasteiger partial charge in [-0.05, 0) is 38.4 Å². The molecule has 1 unspecified atom stereocenters. The minimum atomic E-state index is -0.0126. The molecule has 1 aromatic carbocycles. The molecule has 0 radical (unpaired) electrons. The van der Waals surface area contributed by atoms with Crippen LogP contribution in [0.5, 0.6) is 5.75 Å². The maximum Gasteiger partial charge on any atom is 0.260 e. The van der Waals surface area contributed by atoms with E-state index in [0.717, 1.165) is 32.5 Å². The molecule has 1 fully saturated rings. The van der Waals surface area contributed by atoms with Gasteiger partial charge in [0.1, 0.15) is 5.75 Å². The molecule has 1 heterocycles. The zero-order valence-corrected chi connectivity index (χ0v) is 14.5. The predicted molar refractivity (Wildman–Crippen MR) is 92.5 cm³/mol. The Morgan fingerprint density at radius 2 is 2.17 bits per heavy atom. The summed E-state index contributed by atoms with van der Waals surface area (Å²) < 4.78 is 5.58. The standard InChI is InChI=1S/C17H24N2O3.ClH/c1-3-9-19(15-7-8-18-11-15)17(21)12-22-16-6-4-5-14(10-16)13(2)20;/h4-6,10,15,18H,3,7-9,11-12H2,1-2H3;1H. The second kappa shape index (κ2) is 9.53. The van der Waals surface area contributed by atoms with Crippen LogP contribution in [0, 0.1) is 0 Å². The molecule has 0 aliphatic carbocycles. The molecule has 1 amide bonds. The Bertz CT molecular complexity index is 530. The molecule has 23 heavy (non-hydrogen) atoms. The summed E-state index contributed by atoms with van der Waals surface area (Å²) in [5.74, 6) is 0.548. The van der Waals surface area contributed by atoms with Crippen molar-refractivity contribution in [3.8, 4) is 5.75 Å². The second-order valence-electron chi connectivity index (χ2n) is 5.61. The van der Waals surface area contributed by atoms with Crippen LogP contribution in [0.2, 0.25) is 0 Å². The van der Waals surface area contributed by atoms with Crippen molar-refractivity contribution < 1.29 is 14.3 Å². The van der Waals surface area contributed by atoms with Crippen molar-refractivity contribution in [2.75, 3.05) is 26.2 Å². The van der Waals surface area contributed by atoms with Crippen LogP contribution in [0.15, 0.2) is 24.3 Å². The molecular formula is C17H25ClN2O3. The van der Waals surface area contributed by atoms with E-state index in [4.69, 9.17) is 4.74 Å². The van der Waals surface area contributed by atoms with Crippen molar-refractivity contribution in [1.29, 1.82) is 0 Å². The lowest BCUT2D eigenvalue weighted by Gasteiger charge is -2.28. The lowest BCUT2D eigenvalue weighted by Crippen LogP contribution is -2.44. The first-order valence-corrected chi connectivity index (χ1v) is 7.85. The fourth-order valence-corrected chi connectivity index (χ4v) is 2.69. The van der Waals surface area contributed by atoms with Gasteiger partial charge in [-0.1, -0.05) is 19.1 Å². The highest BCUT2D eigenvalue weighted by Crippen LogP contribution is 2.15. The molecule has 0 aromatic heterocycles. The number of nitrogens with zero attached hydrogens (tertiary/aromatic N) is 1. The molecule has 1 saturated heterocycles. The first-order chi connectivity index (χ1) is 10.6.